The highest BCUT2D eigenvalue weighted by Gasteiger charge is 2.51. The zero-order chi connectivity index (χ0) is 17.5. The van der Waals surface area contributed by atoms with Crippen LogP contribution in [0.5, 0.6) is 0 Å². The minimum atomic E-state index is -0.600. The summed E-state index contributed by atoms with van der Waals surface area (Å²) in [6, 6.07) is 2.20. The average Bonchev–Trinajstić information content (AvgIpc) is 2.48. The van der Waals surface area contributed by atoms with E-state index in [0.717, 1.165) is 56.6 Å². The van der Waals surface area contributed by atoms with Crippen molar-refractivity contribution in [2.75, 3.05) is 19.6 Å². The number of rotatable bonds is 2. The van der Waals surface area contributed by atoms with Gasteiger partial charge in [-0.2, -0.15) is 5.26 Å². The predicted octanol–water partition coefficient (Wildman–Crippen LogP) is 3.02. The van der Waals surface area contributed by atoms with Crippen LogP contribution in [-0.4, -0.2) is 35.4 Å². The Hall–Kier alpha value is -1.80. The monoisotopic (exact) mass is 329 g/mol. The lowest BCUT2D eigenvalue weighted by Gasteiger charge is -2.48. The topological polar surface area (TPSA) is 76.4 Å². The molecule has 0 amide bonds. The number of piperidine rings is 1. The van der Waals surface area contributed by atoms with E-state index in [1.807, 2.05) is 0 Å². The van der Waals surface area contributed by atoms with Crippen molar-refractivity contribution in [3.05, 3.63) is 22.7 Å². The second-order valence-corrected chi connectivity index (χ2v) is 8.18. The van der Waals surface area contributed by atoms with Gasteiger partial charge >= 0.3 is 0 Å². The van der Waals surface area contributed by atoms with E-state index in [4.69, 9.17) is 0 Å². The van der Waals surface area contributed by atoms with E-state index >= 15 is 0 Å². The molecule has 0 atom stereocenters. The Bertz CT molecular complexity index is 659. The number of nitrogens with zero attached hydrogens (tertiary/aromatic N) is 2. The smallest absolute Gasteiger partial charge is 0.203 e. The highest BCUT2D eigenvalue weighted by Crippen LogP contribution is 2.53. The van der Waals surface area contributed by atoms with Crippen LogP contribution in [-0.2, 0) is 4.79 Å². The zero-order valence-corrected chi connectivity index (χ0v) is 14.9. The van der Waals surface area contributed by atoms with E-state index in [2.05, 4.69) is 37.1 Å². The normalized spacial score (nSPS) is 26.2. The van der Waals surface area contributed by atoms with Crippen LogP contribution in [0.2, 0.25) is 0 Å². The van der Waals surface area contributed by atoms with E-state index in [-0.39, 0.29) is 17.1 Å². The number of hydrogen-bond acceptors (Lipinski definition) is 5. The lowest BCUT2D eigenvalue weighted by atomic mass is 9.60. The van der Waals surface area contributed by atoms with Crippen LogP contribution in [0.3, 0.4) is 0 Å². The van der Waals surface area contributed by atoms with Gasteiger partial charge in [-0.1, -0.05) is 20.8 Å². The number of fused-ring (bicyclic) bond motifs is 1. The van der Waals surface area contributed by atoms with Gasteiger partial charge in [-0.3, -0.25) is 4.79 Å². The van der Waals surface area contributed by atoms with Crippen molar-refractivity contribution in [2.45, 2.75) is 52.9 Å². The van der Waals surface area contributed by atoms with Gasteiger partial charge in [0, 0.05) is 23.1 Å². The average molecular weight is 329 g/mol. The highest BCUT2D eigenvalue weighted by molar-refractivity contribution is 6.00. The lowest BCUT2D eigenvalue weighted by molar-refractivity contribution is -0.119. The lowest BCUT2D eigenvalue weighted by Crippen LogP contribution is -2.49. The molecule has 0 saturated carbocycles. The van der Waals surface area contributed by atoms with Gasteiger partial charge in [0.2, 0.25) is 5.88 Å². The van der Waals surface area contributed by atoms with Crippen molar-refractivity contribution < 1.29 is 9.90 Å². The minimum absolute atomic E-state index is 0.0503. The van der Waals surface area contributed by atoms with Crippen LogP contribution in [0.15, 0.2) is 22.7 Å². The fourth-order valence-electron chi connectivity index (χ4n) is 4.67. The number of carbonyl (C=O) groups is 1. The maximum Gasteiger partial charge on any atom is 0.203 e. The second-order valence-electron chi connectivity index (χ2n) is 8.18. The summed E-state index contributed by atoms with van der Waals surface area (Å²) >= 11 is 0. The van der Waals surface area contributed by atoms with Gasteiger partial charge in [-0.15, -0.1) is 0 Å². The third-order valence-corrected chi connectivity index (χ3v) is 5.70. The van der Waals surface area contributed by atoms with Crippen LogP contribution < -0.4 is 5.32 Å². The fraction of sp³-hybridized carbons (Fsp3) is 0.684. The van der Waals surface area contributed by atoms with Gasteiger partial charge in [0.05, 0.1) is 0 Å². The number of hydrogen-bond donors (Lipinski definition) is 2. The maximum absolute atomic E-state index is 13.0. The molecule has 5 nitrogen and oxygen atoms in total. The second kappa shape index (κ2) is 5.93. The summed E-state index contributed by atoms with van der Waals surface area (Å²) in [5.74, 6) is 0.0867. The number of aliphatic hydroxyl groups is 1. The first-order valence-corrected chi connectivity index (χ1v) is 8.93. The number of ketones is 1. The molecule has 2 heterocycles. The number of nitrogens with one attached hydrogen (secondary N) is 1. The molecule has 2 aliphatic heterocycles. The molecule has 0 bridgehead atoms. The Morgan fingerprint density at radius 3 is 2.54 bits per heavy atom. The van der Waals surface area contributed by atoms with Gasteiger partial charge in [0.1, 0.15) is 11.6 Å². The Morgan fingerprint density at radius 1 is 1.29 bits per heavy atom. The van der Waals surface area contributed by atoms with E-state index in [0.29, 0.717) is 12.0 Å². The van der Waals surface area contributed by atoms with Crippen LogP contribution in [0.4, 0.5) is 0 Å². The molecule has 0 aromatic carbocycles. The van der Waals surface area contributed by atoms with Gasteiger partial charge in [0.25, 0.3) is 0 Å². The molecule has 130 valence electrons. The van der Waals surface area contributed by atoms with Crippen LogP contribution in [0.25, 0.3) is 0 Å². The first-order chi connectivity index (χ1) is 11.3. The number of carbonyl (C=O) groups excluding carboxylic acids is 1. The summed E-state index contributed by atoms with van der Waals surface area (Å²) in [6.45, 7) is 9.08. The Labute approximate surface area is 144 Å². The van der Waals surface area contributed by atoms with Crippen molar-refractivity contribution >= 4 is 5.78 Å². The fourth-order valence-corrected chi connectivity index (χ4v) is 4.67. The maximum atomic E-state index is 13.0. The van der Waals surface area contributed by atoms with Crippen molar-refractivity contribution in [3.63, 3.8) is 0 Å². The quantitative estimate of drug-likeness (QED) is 0.814. The molecule has 0 radical (unpaired) electrons. The summed E-state index contributed by atoms with van der Waals surface area (Å²) in [4.78, 5) is 15.4. The molecule has 0 aromatic rings. The van der Waals surface area contributed by atoms with Crippen LogP contribution in [0, 0.1) is 22.2 Å². The minimum Gasteiger partial charge on any atom is -0.494 e. The first kappa shape index (κ1) is 17.0. The molecule has 0 unspecified atom stereocenters. The molecule has 1 fully saturated rings. The van der Waals surface area contributed by atoms with Gasteiger partial charge in [0.15, 0.2) is 5.78 Å². The number of likely N-dealkylation sites (tertiary alicyclic amines) is 1. The number of dihydropyridines is 1. The van der Waals surface area contributed by atoms with E-state index < -0.39 is 5.41 Å². The van der Waals surface area contributed by atoms with Crippen molar-refractivity contribution in [3.8, 4) is 6.07 Å². The standard InChI is InChI=1S/C19H27N3O2/c1-4-7-22-8-5-19(6-9-22)13(12-20)17(24)21-14-10-18(2,3)11-15(23)16(14)19/h21,24H,4-11H2,1-3H3. The molecule has 3 rings (SSSR count). The van der Waals surface area contributed by atoms with Gasteiger partial charge in [-0.25, -0.2) is 0 Å². The largest absolute Gasteiger partial charge is 0.494 e. The third-order valence-electron chi connectivity index (χ3n) is 5.70. The Kier molecular flexibility index (Phi) is 4.21. The van der Waals surface area contributed by atoms with Gasteiger partial charge in [-0.05, 0) is 50.7 Å². The predicted molar refractivity (Wildman–Crippen MR) is 91.8 cm³/mol. The molecule has 1 saturated heterocycles. The summed E-state index contributed by atoms with van der Waals surface area (Å²) in [5, 5.41) is 23.1. The molecular formula is C19H27N3O2. The number of Topliss-reactive ketones (excluding diaryl/α,β-unsaturated/α-hetero) is 1. The van der Waals surface area contributed by atoms with Crippen molar-refractivity contribution in [2.24, 2.45) is 10.8 Å². The first-order valence-electron chi connectivity index (χ1n) is 8.93. The SMILES string of the molecule is CCCN1CCC2(CC1)C(C#N)=C(O)NC1=C2C(=O)CC(C)(C)C1. The molecule has 5 heteroatoms. The third kappa shape index (κ3) is 2.63. The Morgan fingerprint density at radius 2 is 1.96 bits per heavy atom. The summed E-state index contributed by atoms with van der Waals surface area (Å²) in [7, 11) is 0. The zero-order valence-electron chi connectivity index (χ0n) is 14.9. The van der Waals surface area contributed by atoms with E-state index in [1.165, 1.54) is 0 Å². The van der Waals surface area contributed by atoms with Crippen LogP contribution in [0.1, 0.15) is 52.9 Å². The molecule has 0 aromatic heterocycles. The number of nitriles is 1. The van der Waals surface area contributed by atoms with Crippen LogP contribution >= 0.6 is 0 Å². The van der Waals surface area contributed by atoms with E-state index in [1.54, 1.807) is 0 Å². The number of aliphatic hydroxyl groups excluding tert-OH is 1. The summed E-state index contributed by atoms with van der Waals surface area (Å²) in [6.07, 6.45) is 3.80. The summed E-state index contributed by atoms with van der Waals surface area (Å²) < 4.78 is 0. The van der Waals surface area contributed by atoms with Crippen molar-refractivity contribution in [1.82, 2.24) is 10.2 Å². The molecule has 2 N–H and O–H groups in total. The molecule has 3 aliphatic rings. The molecule has 1 aliphatic carbocycles. The summed E-state index contributed by atoms with van der Waals surface area (Å²) in [5.41, 5.74) is 1.24. The van der Waals surface area contributed by atoms with Crippen molar-refractivity contribution in [1.29, 1.82) is 5.26 Å². The molecular weight excluding hydrogens is 302 g/mol. The highest BCUT2D eigenvalue weighted by atomic mass is 16.3. The van der Waals surface area contributed by atoms with Gasteiger partial charge < -0.3 is 15.3 Å². The number of allylic oxidation sites excluding steroid dienone is 3. The molecule has 1 spiro atoms. The molecule has 24 heavy (non-hydrogen) atoms. The Balaban J connectivity index is 2.03. The van der Waals surface area contributed by atoms with E-state index in [9.17, 15) is 15.2 Å².